The molecule has 0 rings (SSSR count). The summed E-state index contributed by atoms with van der Waals surface area (Å²) in [6.45, 7) is 2.20. The Hall–Kier alpha value is -2.20. The molecule has 2 unspecified atom stereocenters. The first-order valence-electron chi connectivity index (χ1n) is 5.42. The van der Waals surface area contributed by atoms with Crippen LogP contribution in [0.5, 0.6) is 0 Å². The van der Waals surface area contributed by atoms with E-state index < -0.39 is 48.9 Å². The second-order valence-electron chi connectivity index (χ2n) is 3.57. The van der Waals surface area contributed by atoms with Crippen LogP contribution in [-0.4, -0.2) is 46.3 Å². The van der Waals surface area contributed by atoms with Crippen molar-refractivity contribution < 1.29 is 48.9 Å². The first-order chi connectivity index (χ1) is 9.23. The summed E-state index contributed by atoms with van der Waals surface area (Å²) in [5.41, 5.74) is 0. The Morgan fingerprint density at radius 2 is 1.05 bits per heavy atom. The SMILES string of the molecule is CC(O)C(=O)OOC(=O)CCC(=O)OOC(=O)C(C)O. The van der Waals surface area contributed by atoms with Crippen molar-refractivity contribution in [2.24, 2.45) is 0 Å². The van der Waals surface area contributed by atoms with E-state index in [1.807, 2.05) is 0 Å². The second-order valence-corrected chi connectivity index (χ2v) is 3.57. The molecule has 10 nitrogen and oxygen atoms in total. The summed E-state index contributed by atoms with van der Waals surface area (Å²) >= 11 is 0. The Labute approximate surface area is 113 Å². The van der Waals surface area contributed by atoms with Gasteiger partial charge in [-0.05, 0) is 13.8 Å². The van der Waals surface area contributed by atoms with Crippen LogP contribution in [0.1, 0.15) is 26.7 Å². The lowest BCUT2D eigenvalue weighted by atomic mass is 10.3. The lowest BCUT2D eigenvalue weighted by Crippen LogP contribution is -2.23. The molecule has 2 N–H and O–H groups in total. The van der Waals surface area contributed by atoms with Crippen molar-refractivity contribution in [2.75, 3.05) is 0 Å². The zero-order valence-electron chi connectivity index (χ0n) is 10.7. The number of aliphatic hydroxyl groups is 2. The van der Waals surface area contributed by atoms with Crippen molar-refractivity contribution in [1.29, 1.82) is 0 Å². The maximum atomic E-state index is 11.0. The molecular formula is C10H14O10. The lowest BCUT2D eigenvalue weighted by Gasteiger charge is -2.05. The minimum Gasteiger partial charge on any atom is -0.382 e. The van der Waals surface area contributed by atoms with Gasteiger partial charge in [0.05, 0.1) is 12.8 Å². The number of carbonyl (C=O) groups is 4. The lowest BCUT2D eigenvalue weighted by molar-refractivity contribution is -0.268. The molecule has 0 aromatic carbocycles. The van der Waals surface area contributed by atoms with Gasteiger partial charge in [-0.2, -0.15) is 0 Å². The Kier molecular flexibility index (Phi) is 7.85. The Bertz CT molecular complexity index is 336. The van der Waals surface area contributed by atoms with Gasteiger partial charge in [0.15, 0.2) is 12.2 Å². The Morgan fingerprint density at radius 3 is 1.30 bits per heavy atom. The fourth-order valence-corrected chi connectivity index (χ4v) is 0.602. The van der Waals surface area contributed by atoms with Crippen LogP contribution in [-0.2, 0) is 38.7 Å². The molecule has 0 fully saturated rings. The van der Waals surface area contributed by atoms with Crippen molar-refractivity contribution in [2.45, 2.75) is 38.9 Å². The van der Waals surface area contributed by atoms with E-state index in [9.17, 15) is 19.2 Å². The van der Waals surface area contributed by atoms with E-state index in [0.717, 1.165) is 13.8 Å². The number of hydrogen-bond acceptors (Lipinski definition) is 10. The van der Waals surface area contributed by atoms with Crippen LogP contribution in [0, 0.1) is 0 Å². The largest absolute Gasteiger partial charge is 0.383 e. The topological polar surface area (TPSA) is 146 Å². The van der Waals surface area contributed by atoms with E-state index in [1.54, 1.807) is 0 Å². The summed E-state index contributed by atoms with van der Waals surface area (Å²) in [6.07, 6.45) is -3.96. The van der Waals surface area contributed by atoms with Gasteiger partial charge in [0.1, 0.15) is 0 Å². The zero-order chi connectivity index (χ0) is 15.7. The van der Waals surface area contributed by atoms with E-state index in [0.29, 0.717) is 0 Å². The highest BCUT2D eigenvalue weighted by atomic mass is 17.2. The standard InChI is InChI=1S/C10H14O10/c1-5(11)9(15)19-17-7(13)3-4-8(14)18-20-10(16)6(2)12/h5-6,11-12H,3-4H2,1-2H3. The van der Waals surface area contributed by atoms with Crippen LogP contribution in [0.3, 0.4) is 0 Å². The molecule has 2 atom stereocenters. The van der Waals surface area contributed by atoms with E-state index in [2.05, 4.69) is 19.6 Å². The predicted molar refractivity (Wildman–Crippen MR) is 57.0 cm³/mol. The average molecular weight is 294 g/mol. The number of rotatable bonds is 5. The molecule has 0 aromatic heterocycles. The summed E-state index contributed by atoms with van der Waals surface area (Å²) in [5, 5.41) is 17.4. The molecule has 0 amide bonds. The maximum absolute atomic E-state index is 11.0. The molecule has 0 aliphatic rings. The summed E-state index contributed by atoms with van der Waals surface area (Å²) in [7, 11) is 0. The summed E-state index contributed by atoms with van der Waals surface area (Å²) in [4.78, 5) is 59.2. The smallest absolute Gasteiger partial charge is 0.382 e. The fraction of sp³-hybridized carbons (Fsp3) is 0.600. The van der Waals surface area contributed by atoms with E-state index in [-0.39, 0.29) is 0 Å². The number of aliphatic hydroxyl groups excluding tert-OH is 2. The third-order valence-electron chi connectivity index (χ3n) is 1.65. The third kappa shape index (κ3) is 8.00. The molecule has 114 valence electrons. The van der Waals surface area contributed by atoms with Gasteiger partial charge < -0.3 is 10.2 Å². The van der Waals surface area contributed by atoms with E-state index in [1.165, 1.54) is 0 Å². The van der Waals surface area contributed by atoms with Crippen molar-refractivity contribution in [3.05, 3.63) is 0 Å². The van der Waals surface area contributed by atoms with Gasteiger partial charge in [0.2, 0.25) is 0 Å². The molecule has 0 radical (unpaired) electrons. The molecule has 0 aliphatic heterocycles. The minimum absolute atomic E-state index is 0.516. The highest BCUT2D eigenvalue weighted by Crippen LogP contribution is 1.99. The van der Waals surface area contributed by atoms with Crippen LogP contribution in [0.25, 0.3) is 0 Å². The summed E-state index contributed by atoms with van der Waals surface area (Å²) in [5.74, 6) is -4.49. The van der Waals surface area contributed by atoms with Crippen LogP contribution in [0.4, 0.5) is 0 Å². The zero-order valence-corrected chi connectivity index (χ0v) is 10.7. The molecule has 0 bridgehead atoms. The highest BCUT2D eigenvalue weighted by molar-refractivity contribution is 5.79. The first kappa shape index (κ1) is 17.8. The first-order valence-corrected chi connectivity index (χ1v) is 5.42. The molecule has 0 aliphatic carbocycles. The van der Waals surface area contributed by atoms with Gasteiger partial charge in [-0.15, -0.1) is 0 Å². The molecule has 0 saturated carbocycles. The minimum atomic E-state index is -1.47. The van der Waals surface area contributed by atoms with Gasteiger partial charge >= 0.3 is 23.9 Å². The summed E-state index contributed by atoms with van der Waals surface area (Å²) < 4.78 is 0. The van der Waals surface area contributed by atoms with E-state index in [4.69, 9.17) is 10.2 Å². The molecule has 10 heteroatoms. The third-order valence-corrected chi connectivity index (χ3v) is 1.65. The average Bonchev–Trinajstić information content (AvgIpc) is 2.39. The van der Waals surface area contributed by atoms with Crippen LogP contribution in [0.2, 0.25) is 0 Å². The highest BCUT2D eigenvalue weighted by Gasteiger charge is 2.18. The van der Waals surface area contributed by atoms with Crippen molar-refractivity contribution in [3.8, 4) is 0 Å². The van der Waals surface area contributed by atoms with Gasteiger partial charge in [-0.25, -0.2) is 38.7 Å². The molecule has 20 heavy (non-hydrogen) atoms. The van der Waals surface area contributed by atoms with Crippen LogP contribution < -0.4 is 0 Å². The molecule has 0 spiro atoms. The molecule has 0 saturated heterocycles. The Morgan fingerprint density at radius 1 is 0.750 bits per heavy atom. The number of hydrogen-bond donors (Lipinski definition) is 2. The van der Waals surface area contributed by atoms with Crippen LogP contribution >= 0.6 is 0 Å². The van der Waals surface area contributed by atoms with Gasteiger partial charge in [0, 0.05) is 0 Å². The van der Waals surface area contributed by atoms with Gasteiger partial charge in [-0.3, -0.25) is 0 Å². The van der Waals surface area contributed by atoms with E-state index >= 15 is 0 Å². The normalized spacial score (nSPS) is 12.8. The number of carbonyl (C=O) groups excluding carboxylic acids is 4. The van der Waals surface area contributed by atoms with Gasteiger partial charge in [0.25, 0.3) is 0 Å². The quantitative estimate of drug-likeness (QED) is 0.455. The van der Waals surface area contributed by atoms with Crippen molar-refractivity contribution in [1.82, 2.24) is 0 Å². The molecule has 0 aromatic rings. The van der Waals surface area contributed by atoms with Crippen LogP contribution in [0.15, 0.2) is 0 Å². The second kappa shape index (κ2) is 8.82. The fourth-order valence-electron chi connectivity index (χ4n) is 0.602. The van der Waals surface area contributed by atoms with Crippen molar-refractivity contribution in [3.63, 3.8) is 0 Å². The molecular weight excluding hydrogens is 280 g/mol. The van der Waals surface area contributed by atoms with Gasteiger partial charge in [-0.1, -0.05) is 0 Å². The predicted octanol–water partition coefficient (Wildman–Crippen LogP) is -1.47. The van der Waals surface area contributed by atoms with Crippen molar-refractivity contribution >= 4 is 23.9 Å². The Balaban J connectivity index is 3.81. The summed E-state index contributed by atoms with van der Waals surface area (Å²) in [6, 6.07) is 0. The monoisotopic (exact) mass is 294 g/mol. The maximum Gasteiger partial charge on any atom is 0.383 e. The molecule has 0 heterocycles.